The minimum atomic E-state index is -4.98. The molecule has 2 aromatic carbocycles. The number of rotatable bonds is 8. The van der Waals surface area contributed by atoms with E-state index in [-0.39, 0.29) is 36.0 Å². The van der Waals surface area contributed by atoms with E-state index in [9.17, 15) is 37.1 Å². The van der Waals surface area contributed by atoms with E-state index in [1.807, 2.05) is 25.4 Å². The van der Waals surface area contributed by atoms with Crippen LogP contribution in [0, 0.1) is 0 Å². The molecule has 0 bridgehead atoms. The quantitative estimate of drug-likeness (QED) is 0.368. The molecule has 0 saturated heterocycles. The second-order valence-electron chi connectivity index (χ2n) is 9.94. The van der Waals surface area contributed by atoms with Gasteiger partial charge >= 0.3 is 12.1 Å². The molecule has 1 aromatic heterocycles. The molecular weight excluding hydrogens is 567 g/mol. The summed E-state index contributed by atoms with van der Waals surface area (Å²) < 4.78 is 36.7. The third-order valence-electron chi connectivity index (χ3n) is 6.89. The number of halogens is 3. The molecule has 5 amide bonds. The molecule has 3 aromatic rings. The second-order valence-corrected chi connectivity index (χ2v) is 9.94. The van der Waals surface area contributed by atoms with Crippen LogP contribution in [0.4, 0.5) is 13.2 Å². The van der Waals surface area contributed by atoms with Gasteiger partial charge in [-0.2, -0.15) is 13.2 Å². The molecule has 0 radical (unpaired) electrons. The molecule has 13 heteroatoms. The summed E-state index contributed by atoms with van der Waals surface area (Å²) in [4.78, 5) is 68.2. The van der Waals surface area contributed by atoms with Gasteiger partial charge in [0.2, 0.25) is 0 Å². The maximum absolute atomic E-state index is 12.3. The fourth-order valence-electron chi connectivity index (χ4n) is 4.61. The van der Waals surface area contributed by atoms with Gasteiger partial charge in [0.1, 0.15) is 0 Å². The van der Waals surface area contributed by atoms with Gasteiger partial charge in [-0.3, -0.25) is 38.8 Å². The fourth-order valence-corrected chi connectivity index (χ4v) is 4.61. The van der Waals surface area contributed by atoms with Crippen LogP contribution >= 0.6 is 0 Å². The SMILES string of the molecule is CN(CCN1C(=O)c2ccccc2C1=O)C(=O)C(F)(F)F.CN(CCN1C(=O)c2ccccc2C1=O)Cc1cccnc1. The van der Waals surface area contributed by atoms with E-state index in [1.54, 1.807) is 42.6 Å². The Hall–Kier alpha value is -4.91. The van der Waals surface area contributed by atoms with Crippen LogP contribution in [-0.4, -0.2) is 101 Å². The predicted molar refractivity (Wildman–Crippen MR) is 148 cm³/mol. The lowest BCUT2D eigenvalue weighted by atomic mass is 10.1. The van der Waals surface area contributed by atoms with Crippen molar-refractivity contribution in [1.82, 2.24) is 24.6 Å². The Morgan fingerprint density at radius 2 is 1.16 bits per heavy atom. The van der Waals surface area contributed by atoms with Gasteiger partial charge in [-0.1, -0.05) is 30.3 Å². The molecule has 0 spiro atoms. The Morgan fingerprint density at radius 1 is 0.721 bits per heavy atom. The molecule has 0 fully saturated rings. The molecule has 10 nitrogen and oxygen atoms in total. The summed E-state index contributed by atoms with van der Waals surface area (Å²) >= 11 is 0. The van der Waals surface area contributed by atoms with Crippen LogP contribution in [0.5, 0.6) is 0 Å². The molecular formula is C30H28F3N5O5. The van der Waals surface area contributed by atoms with Gasteiger partial charge in [0.25, 0.3) is 23.6 Å². The fraction of sp³-hybridized carbons (Fsp3) is 0.267. The number of hydrogen-bond acceptors (Lipinski definition) is 7. The minimum absolute atomic E-state index is 0.199. The number of likely N-dealkylation sites (N-methyl/N-ethyl adjacent to an activating group) is 2. The number of imide groups is 2. The third-order valence-corrected chi connectivity index (χ3v) is 6.89. The number of fused-ring (bicyclic) bond motifs is 2. The zero-order valence-corrected chi connectivity index (χ0v) is 23.4. The summed E-state index contributed by atoms with van der Waals surface area (Å²) in [5, 5.41) is 0. The van der Waals surface area contributed by atoms with Crippen molar-refractivity contribution < 1.29 is 37.1 Å². The zero-order valence-electron chi connectivity index (χ0n) is 23.4. The van der Waals surface area contributed by atoms with Crippen LogP contribution in [0.2, 0.25) is 0 Å². The van der Waals surface area contributed by atoms with E-state index >= 15 is 0 Å². The topological polar surface area (TPSA) is 111 Å². The maximum atomic E-state index is 12.3. The zero-order chi connectivity index (χ0) is 31.3. The van der Waals surface area contributed by atoms with Crippen LogP contribution in [0.3, 0.4) is 0 Å². The lowest BCUT2D eigenvalue weighted by Gasteiger charge is -2.21. The Kier molecular flexibility index (Phi) is 9.34. The van der Waals surface area contributed by atoms with Crippen LogP contribution < -0.4 is 0 Å². The highest BCUT2D eigenvalue weighted by Gasteiger charge is 2.42. The lowest BCUT2D eigenvalue weighted by Crippen LogP contribution is -2.43. The summed E-state index contributed by atoms with van der Waals surface area (Å²) in [7, 11) is 2.93. The Balaban J connectivity index is 0.000000197. The van der Waals surface area contributed by atoms with Gasteiger partial charge in [0, 0.05) is 52.2 Å². The van der Waals surface area contributed by atoms with Gasteiger partial charge in [-0.15, -0.1) is 0 Å². The summed E-state index contributed by atoms with van der Waals surface area (Å²) in [5.41, 5.74) is 2.54. The number of alkyl halides is 3. The molecule has 43 heavy (non-hydrogen) atoms. The van der Waals surface area contributed by atoms with Crippen molar-refractivity contribution in [2.75, 3.05) is 40.3 Å². The molecule has 2 aliphatic rings. The van der Waals surface area contributed by atoms with Crippen molar-refractivity contribution in [2.45, 2.75) is 12.7 Å². The van der Waals surface area contributed by atoms with Crippen molar-refractivity contribution in [3.8, 4) is 0 Å². The number of hydrogen-bond donors (Lipinski definition) is 0. The Morgan fingerprint density at radius 3 is 1.56 bits per heavy atom. The van der Waals surface area contributed by atoms with Gasteiger partial charge < -0.3 is 9.80 Å². The maximum Gasteiger partial charge on any atom is 0.471 e. The van der Waals surface area contributed by atoms with Crippen LogP contribution in [0.1, 0.15) is 47.0 Å². The first-order chi connectivity index (χ1) is 20.4. The smallest absolute Gasteiger partial charge is 0.336 e. The monoisotopic (exact) mass is 595 g/mol. The highest BCUT2D eigenvalue weighted by molar-refractivity contribution is 6.22. The van der Waals surface area contributed by atoms with Crippen molar-refractivity contribution in [2.24, 2.45) is 0 Å². The molecule has 0 aliphatic carbocycles. The van der Waals surface area contributed by atoms with E-state index < -0.39 is 23.9 Å². The molecule has 0 unspecified atom stereocenters. The van der Waals surface area contributed by atoms with Crippen LogP contribution in [-0.2, 0) is 11.3 Å². The molecule has 0 saturated carbocycles. The molecule has 5 rings (SSSR count). The summed E-state index contributed by atoms with van der Waals surface area (Å²) in [5.74, 6) is -3.54. The van der Waals surface area contributed by atoms with Gasteiger partial charge in [-0.25, -0.2) is 0 Å². The second kappa shape index (κ2) is 12.9. The first-order valence-corrected chi connectivity index (χ1v) is 13.2. The van der Waals surface area contributed by atoms with Crippen LogP contribution in [0.25, 0.3) is 0 Å². The molecule has 3 heterocycles. The van der Waals surface area contributed by atoms with Crippen molar-refractivity contribution in [3.63, 3.8) is 0 Å². The molecule has 2 aliphatic heterocycles. The van der Waals surface area contributed by atoms with E-state index in [2.05, 4.69) is 9.88 Å². The van der Waals surface area contributed by atoms with Gasteiger partial charge in [0.15, 0.2) is 0 Å². The number of aromatic nitrogens is 1. The average molecular weight is 596 g/mol. The van der Waals surface area contributed by atoms with Crippen molar-refractivity contribution >= 4 is 29.5 Å². The number of carbonyl (C=O) groups excluding carboxylic acids is 5. The number of amides is 5. The summed E-state index contributed by atoms with van der Waals surface area (Å²) in [6, 6.07) is 17.0. The van der Waals surface area contributed by atoms with Gasteiger partial charge in [-0.05, 0) is 42.9 Å². The van der Waals surface area contributed by atoms with Gasteiger partial charge in [0.05, 0.1) is 22.3 Å². The molecule has 0 atom stereocenters. The number of pyridine rings is 1. The van der Waals surface area contributed by atoms with E-state index in [1.165, 1.54) is 17.0 Å². The van der Waals surface area contributed by atoms with E-state index in [0.29, 0.717) is 29.1 Å². The first kappa shape index (κ1) is 31.0. The molecule has 0 N–H and O–H groups in total. The largest absolute Gasteiger partial charge is 0.471 e. The minimum Gasteiger partial charge on any atom is -0.336 e. The van der Waals surface area contributed by atoms with E-state index in [0.717, 1.165) is 24.1 Å². The number of carbonyl (C=O) groups is 5. The third kappa shape index (κ3) is 6.95. The Bertz CT molecular complexity index is 1480. The highest BCUT2D eigenvalue weighted by Crippen LogP contribution is 2.24. The van der Waals surface area contributed by atoms with Crippen molar-refractivity contribution in [1.29, 1.82) is 0 Å². The Labute approximate surface area is 245 Å². The number of benzene rings is 2. The summed E-state index contributed by atoms with van der Waals surface area (Å²) in [6.07, 6.45) is -1.42. The summed E-state index contributed by atoms with van der Waals surface area (Å²) in [6.45, 7) is 1.08. The van der Waals surface area contributed by atoms with Crippen molar-refractivity contribution in [3.05, 3.63) is 101 Å². The molecule has 224 valence electrons. The standard InChI is InChI=1S/C17H17N3O2.C13H11F3N2O3/c1-19(12-13-5-4-8-18-11-13)9-10-20-16(21)14-6-2-3-7-15(14)17(20)22;1-17(12(21)13(14,15)16)6-7-18-10(19)8-4-2-3-5-9(8)11(18)20/h2-8,11H,9-10,12H2,1H3;2-5H,6-7H2,1H3. The predicted octanol–water partition coefficient (Wildman–Crippen LogP) is 3.11. The van der Waals surface area contributed by atoms with Crippen LogP contribution in [0.15, 0.2) is 73.1 Å². The van der Waals surface area contributed by atoms with E-state index in [4.69, 9.17) is 0 Å². The lowest BCUT2D eigenvalue weighted by molar-refractivity contribution is -0.184. The highest BCUT2D eigenvalue weighted by atomic mass is 19.4. The average Bonchev–Trinajstić information content (AvgIpc) is 3.38. The normalized spacial score (nSPS) is 14.1. The first-order valence-electron chi connectivity index (χ1n) is 13.2. The number of nitrogens with zero attached hydrogens (tertiary/aromatic N) is 5.